The zero-order valence-corrected chi connectivity index (χ0v) is 10.5. The number of carbonyl (C=O) groups excluding carboxylic acids is 2. The topological polar surface area (TPSA) is 69.2 Å². The van der Waals surface area contributed by atoms with Crippen LogP contribution in [0.15, 0.2) is 18.2 Å². The van der Waals surface area contributed by atoms with Crippen molar-refractivity contribution in [1.82, 2.24) is 0 Å². The molecule has 1 N–H and O–H groups in total. The third kappa shape index (κ3) is 3.06. The van der Waals surface area contributed by atoms with E-state index >= 15 is 0 Å². The molecule has 1 aromatic carbocycles. The minimum atomic E-state index is -1.28. The van der Waals surface area contributed by atoms with E-state index in [0.29, 0.717) is 5.56 Å². The Morgan fingerprint density at radius 3 is 2.29 bits per heavy atom. The van der Waals surface area contributed by atoms with E-state index in [0.717, 1.165) is 0 Å². The fourth-order valence-electron chi connectivity index (χ4n) is 1.35. The number of rotatable bonds is 2. The molecule has 0 aliphatic heterocycles. The van der Waals surface area contributed by atoms with Crippen molar-refractivity contribution in [2.24, 2.45) is 5.41 Å². The van der Waals surface area contributed by atoms with E-state index in [-0.39, 0.29) is 17.2 Å². The van der Waals surface area contributed by atoms with Gasteiger partial charge in [-0.25, -0.2) is 0 Å². The number of carboxylic acids is 1. The van der Waals surface area contributed by atoms with Gasteiger partial charge >= 0.3 is 0 Å². The van der Waals surface area contributed by atoms with Crippen LogP contribution in [0.4, 0.5) is 5.69 Å². The number of aromatic carboxylic acids is 1. The standard InChI is InChI=1S/C13H17NO3/c1-8-6-5-7-9(10(8)11(15)16)14-12(17)13(2,3)4/h5-7H,1-4H3,(H,14,17)(H,15,16)/p-1. The van der Waals surface area contributed by atoms with Crippen molar-refractivity contribution in [3.8, 4) is 0 Å². The molecule has 92 valence electrons. The molecule has 0 aromatic heterocycles. The van der Waals surface area contributed by atoms with E-state index in [9.17, 15) is 14.7 Å². The molecule has 4 nitrogen and oxygen atoms in total. The summed E-state index contributed by atoms with van der Waals surface area (Å²) in [5, 5.41) is 13.6. The Morgan fingerprint density at radius 2 is 1.82 bits per heavy atom. The summed E-state index contributed by atoms with van der Waals surface area (Å²) in [6.45, 7) is 6.95. The fourth-order valence-corrected chi connectivity index (χ4v) is 1.35. The summed E-state index contributed by atoms with van der Waals surface area (Å²) in [5.74, 6) is -1.52. The van der Waals surface area contributed by atoms with Crippen LogP contribution >= 0.6 is 0 Å². The summed E-state index contributed by atoms with van der Waals surface area (Å²) in [7, 11) is 0. The molecule has 0 radical (unpaired) electrons. The smallest absolute Gasteiger partial charge is 0.229 e. The lowest BCUT2D eigenvalue weighted by Crippen LogP contribution is -2.30. The van der Waals surface area contributed by atoms with Gasteiger partial charge in [0.2, 0.25) is 5.91 Å². The van der Waals surface area contributed by atoms with Gasteiger partial charge in [0.1, 0.15) is 0 Å². The number of aryl methyl sites for hydroxylation is 1. The molecule has 0 spiro atoms. The van der Waals surface area contributed by atoms with Crippen LogP contribution in [0.2, 0.25) is 0 Å². The Morgan fingerprint density at radius 1 is 1.24 bits per heavy atom. The highest BCUT2D eigenvalue weighted by Crippen LogP contribution is 2.22. The van der Waals surface area contributed by atoms with E-state index in [4.69, 9.17) is 0 Å². The van der Waals surface area contributed by atoms with Gasteiger partial charge in [0, 0.05) is 11.0 Å². The number of benzene rings is 1. The number of hydrogen-bond donors (Lipinski definition) is 1. The molecule has 0 saturated carbocycles. The molecular weight excluding hydrogens is 218 g/mol. The van der Waals surface area contributed by atoms with Crippen LogP contribution in [0, 0.1) is 12.3 Å². The molecular formula is C13H16NO3-. The summed E-state index contributed by atoms with van der Waals surface area (Å²) in [6.07, 6.45) is 0. The molecule has 17 heavy (non-hydrogen) atoms. The van der Waals surface area contributed by atoms with Gasteiger partial charge in [-0.1, -0.05) is 32.9 Å². The predicted molar refractivity (Wildman–Crippen MR) is 63.6 cm³/mol. The van der Waals surface area contributed by atoms with Gasteiger partial charge in [0.05, 0.1) is 11.7 Å². The first kappa shape index (κ1) is 13.2. The maximum atomic E-state index is 11.8. The van der Waals surface area contributed by atoms with E-state index in [2.05, 4.69) is 5.32 Å². The van der Waals surface area contributed by atoms with Gasteiger partial charge in [-0.05, 0) is 18.6 Å². The maximum Gasteiger partial charge on any atom is 0.229 e. The lowest BCUT2D eigenvalue weighted by atomic mass is 9.95. The Bertz CT molecular complexity index is 458. The van der Waals surface area contributed by atoms with Crippen molar-refractivity contribution < 1.29 is 14.7 Å². The first-order chi connectivity index (χ1) is 7.73. The highest BCUT2D eigenvalue weighted by molar-refractivity contribution is 6.02. The van der Waals surface area contributed by atoms with Crippen molar-refractivity contribution >= 4 is 17.6 Å². The second kappa shape index (κ2) is 4.57. The van der Waals surface area contributed by atoms with Gasteiger partial charge in [-0.3, -0.25) is 4.79 Å². The number of anilines is 1. The molecule has 0 unspecified atom stereocenters. The second-order valence-corrected chi connectivity index (χ2v) is 4.99. The van der Waals surface area contributed by atoms with Crippen molar-refractivity contribution in [3.05, 3.63) is 29.3 Å². The Balaban J connectivity index is 3.12. The molecule has 0 heterocycles. The van der Waals surface area contributed by atoms with Crippen molar-refractivity contribution in [1.29, 1.82) is 0 Å². The van der Waals surface area contributed by atoms with Gasteiger partial charge in [-0.2, -0.15) is 0 Å². The quantitative estimate of drug-likeness (QED) is 0.839. The fraction of sp³-hybridized carbons (Fsp3) is 0.385. The maximum absolute atomic E-state index is 11.8. The molecule has 1 aromatic rings. The number of nitrogens with one attached hydrogen (secondary N) is 1. The van der Waals surface area contributed by atoms with Crippen LogP contribution in [0.5, 0.6) is 0 Å². The summed E-state index contributed by atoms with van der Waals surface area (Å²) in [4.78, 5) is 22.8. The normalized spacial score (nSPS) is 11.1. The summed E-state index contributed by atoms with van der Waals surface area (Å²) in [5.41, 5.74) is 0.305. The van der Waals surface area contributed by atoms with Gasteiger partial charge in [0.25, 0.3) is 0 Å². The highest BCUT2D eigenvalue weighted by Gasteiger charge is 2.22. The van der Waals surface area contributed by atoms with Crippen LogP contribution in [-0.4, -0.2) is 11.9 Å². The van der Waals surface area contributed by atoms with Crippen LogP contribution in [0.25, 0.3) is 0 Å². The molecule has 1 rings (SSSR count). The minimum Gasteiger partial charge on any atom is -0.545 e. The average molecular weight is 234 g/mol. The summed E-state index contributed by atoms with van der Waals surface area (Å²) >= 11 is 0. The molecule has 0 fully saturated rings. The van der Waals surface area contributed by atoms with Crippen molar-refractivity contribution in [3.63, 3.8) is 0 Å². The zero-order chi connectivity index (χ0) is 13.2. The molecule has 0 aliphatic carbocycles. The van der Waals surface area contributed by atoms with E-state index in [1.165, 1.54) is 0 Å². The van der Waals surface area contributed by atoms with Crippen molar-refractivity contribution in [2.75, 3.05) is 5.32 Å². The molecule has 0 aliphatic rings. The monoisotopic (exact) mass is 234 g/mol. The Kier molecular flexibility index (Phi) is 3.56. The summed E-state index contributed by atoms with van der Waals surface area (Å²) in [6, 6.07) is 4.92. The number of amides is 1. The molecule has 4 heteroatoms. The van der Waals surface area contributed by atoms with Gasteiger partial charge < -0.3 is 15.2 Å². The van der Waals surface area contributed by atoms with Gasteiger partial charge in [0.15, 0.2) is 0 Å². The highest BCUT2D eigenvalue weighted by atomic mass is 16.4. The Labute approximate surface area is 101 Å². The molecule has 0 atom stereocenters. The number of carbonyl (C=O) groups is 2. The van der Waals surface area contributed by atoms with E-state index in [1.54, 1.807) is 45.9 Å². The van der Waals surface area contributed by atoms with Crippen LogP contribution < -0.4 is 10.4 Å². The van der Waals surface area contributed by atoms with Crippen LogP contribution in [0.1, 0.15) is 36.7 Å². The molecule has 0 saturated heterocycles. The first-order valence-electron chi connectivity index (χ1n) is 5.36. The van der Waals surface area contributed by atoms with Gasteiger partial charge in [-0.15, -0.1) is 0 Å². The predicted octanol–water partition coefficient (Wildman–Crippen LogP) is 1.34. The average Bonchev–Trinajstić information content (AvgIpc) is 2.15. The Hall–Kier alpha value is -1.84. The number of hydrogen-bond acceptors (Lipinski definition) is 3. The molecule has 1 amide bonds. The molecule has 0 bridgehead atoms. The third-order valence-corrected chi connectivity index (χ3v) is 2.41. The lowest BCUT2D eigenvalue weighted by molar-refractivity contribution is -0.254. The summed E-state index contributed by atoms with van der Waals surface area (Å²) < 4.78 is 0. The third-order valence-electron chi connectivity index (χ3n) is 2.41. The van der Waals surface area contributed by atoms with Crippen LogP contribution in [-0.2, 0) is 4.79 Å². The van der Waals surface area contributed by atoms with Crippen LogP contribution in [0.3, 0.4) is 0 Å². The first-order valence-corrected chi connectivity index (χ1v) is 5.36. The largest absolute Gasteiger partial charge is 0.545 e. The minimum absolute atomic E-state index is 0.0325. The lowest BCUT2D eigenvalue weighted by Gasteiger charge is -2.20. The van der Waals surface area contributed by atoms with E-state index in [1.807, 2.05) is 0 Å². The van der Waals surface area contributed by atoms with E-state index < -0.39 is 11.4 Å². The number of carboxylic acid groups (broad SMARTS) is 1. The SMILES string of the molecule is Cc1cccc(NC(=O)C(C)(C)C)c1C(=O)[O-]. The second-order valence-electron chi connectivity index (χ2n) is 4.99. The zero-order valence-electron chi connectivity index (χ0n) is 10.5. The van der Waals surface area contributed by atoms with Crippen molar-refractivity contribution in [2.45, 2.75) is 27.7 Å².